The molecule has 1 aliphatic heterocycles. The molecule has 2 aromatic carbocycles. The average molecular weight is 404 g/mol. The van der Waals surface area contributed by atoms with Crippen LogP contribution in [-0.4, -0.2) is 34.7 Å². The summed E-state index contributed by atoms with van der Waals surface area (Å²) in [6.45, 7) is 3.99. The van der Waals surface area contributed by atoms with Gasteiger partial charge in [-0.3, -0.25) is 9.69 Å². The summed E-state index contributed by atoms with van der Waals surface area (Å²) in [6, 6.07) is 11.1. The minimum absolute atomic E-state index is 0.0856. The molecule has 0 atom stereocenters. The van der Waals surface area contributed by atoms with Crippen molar-refractivity contribution < 1.29 is 14.3 Å². The van der Waals surface area contributed by atoms with Crippen molar-refractivity contribution in [3.63, 3.8) is 0 Å². The lowest BCUT2D eigenvalue weighted by atomic mass is 9.96. The number of aromatic hydroxyl groups is 1. The van der Waals surface area contributed by atoms with E-state index < -0.39 is 0 Å². The van der Waals surface area contributed by atoms with Crippen LogP contribution in [-0.2, 0) is 11.3 Å². The van der Waals surface area contributed by atoms with Crippen molar-refractivity contribution >= 4 is 23.2 Å². The molecule has 5 nitrogen and oxygen atoms in total. The molecule has 3 rings (SSSR count). The maximum atomic E-state index is 13.2. The third-order valence-corrected chi connectivity index (χ3v) is 5.34. The van der Waals surface area contributed by atoms with Crippen LogP contribution < -0.4 is 5.43 Å². The van der Waals surface area contributed by atoms with Gasteiger partial charge in [-0.25, -0.2) is 9.82 Å². The summed E-state index contributed by atoms with van der Waals surface area (Å²) in [5, 5.41) is 13.9. The molecule has 0 aromatic heterocycles. The predicted octanol–water partition coefficient (Wildman–Crippen LogP) is 3.94. The molecule has 1 heterocycles. The lowest BCUT2D eigenvalue weighted by Crippen LogP contribution is -2.39. The van der Waals surface area contributed by atoms with Gasteiger partial charge in [-0.05, 0) is 80.4 Å². The standard InChI is InChI=1S/C21H23ClFN3O2/c1-14(15-3-6-19(27)7-4-15)24-25-21(28)16-8-10-26(11-9-16)13-17-2-5-18(23)12-20(17)22/h2-7,12,16,27H,8-11,13H2,1H3,(H,25,28). The van der Waals surface area contributed by atoms with Crippen LogP contribution >= 0.6 is 11.6 Å². The zero-order valence-electron chi connectivity index (χ0n) is 15.7. The van der Waals surface area contributed by atoms with Gasteiger partial charge < -0.3 is 5.11 Å². The fourth-order valence-corrected chi connectivity index (χ4v) is 3.47. The monoisotopic (exact) mass is 403 g/mol. The van der Waals surface area contributed by atoms with E-state index in [4.69, 9.17) is 11.6 Å². The van der Waals surface area contributed by atoms with Gasteiger partial charge in [0.15, 0.2) is 0 Å². The van der Waals surface area contributed by atoms with Crippen molar-refractivity contribution in [3.05, 3.63) is 64.4 Å². The molecular formula is C21H23ClFN3O2. The van der Waals surface area contributed by atoms with E-state index in [0.717, 1.165) is 37.1 Å². The van der Waals surface area contributed by atoms with Gasteiger partial charge in [0.25, 0.3) is 0 Å². The molecule has 0 unspecified atom stereocenters. The first-order valence-corrected chi connectivity index (χ1v) is 9.60. The van der Waals surface area contributed by atoms with Gasteiger partial charge in [-0.1, -0.05) is 17.7 Å². The Morgan fingerprint density at radius 1 is 1.25 bits per heavy atom. The second-order valence-electron chi connectivity index (χ2n) is 7.01. The van der Waals surface area contributed by atoms with Crippen LogP contribution in [0.4, 0.5) is 4.39 Å². The number of likely N-dealkylation sites (tertiary alicyclic amines) is 1. The number of nitrogens with zero attached hydrogens (tertiary/aromatic N) is 2. The van der Waals surface area contributed by atoms with Crippen LogP contribution in [0.15, 0.2) is 47.6 Å². The van der Waals surface area contributed by atoms with E-state index >= 15 is 0 Å². The molecule has 1 aliphatic rings. The van der Waals surface area contributed by atoms with Crippen LogP contribution in [0, 0.1) is 11.7 Å². The summed E-state index contributed by atoms with van der Waals surface area (Å²) in [7, 11) is 0. The Morgan fingerprint density at radius 2 is 1.93 bits per heavy atom. The molecule has 148 valence electrons. The van der Waals surface area contributed by atoms with E-state index in [-0.39, 0.29) is 23.4 Å². The van der Waals surface area contributed by atoms with E-state index in [1.807, 2.05) is 6.92 Å². The number of benzene rings is 2. The number of carbonyl (C=O) groups excluding carboxylic acids is 1. The Kier molecular flexibility index (Phi) is 6.65. The Bertz CT molecular complexity index is 862. The number of halogens is 2. The highest BCUT2D eigenvalue weighted by atomic mass is 35.5. The zero-order chi connectivity index (χ0) is 20.1. The quantitative estimate of drug-likeness (QED) is 0.587. The van der Waals surface area contributed by atoms with Gasteiger partial charge in [0, 0.05) is 17.5 Å². The maximum absolute atomic E-state index is 13.2. The topological polar surface area (TPSA) is 64.9 Å². The molecule has 0 bridgehead atoms. The summed E-state index contributed by atoms with van der Waals surface area (Å²) >= 11 is 6.10. The smallest absolute Gasteiger partial charge is 0.243 e. The minimum Gasteiger partial charge on any atom is -0.508 e. The molecule has 2 aromatic rings. The van der Waals surface area contributed by atoms with Gasteiger partial charge in [0.2, 0.25) is 5.91 Å². The maximum Gasteiger partial charge on any atom is 0.243 e. The number of rotatable bonds is 5. The number of hydrogen-bond acceptors (Lipinski definition) is 4. The van der Waals surface area contributed by atoms with Crippen molar-refractivity contribution in [1.82, 2.24) is 10.3 Å². The lowest BCUT2D eigenvalue weighted by molar-refractivity contribution is -0.126. The number of amides is 1. The SMILES string of the molecule is CC(=NNC(=O)C1CCN(Cc2ccc(F)cc2Cl)CC1)c1ccc(O)cc1. The Hall–Kier alpha value is -2.44. The molecule has 0 aliphatic carbocycles. The first-order chi connectivity index (χ1) is 13.4. The second kappa shape index (κ2) is 9.17. The molecule has 1 fully saturated rings. The third kappa shape index (κ3) is 5.30. The highest BCUT2D eigenvalue weighted by Gasteiger charge is 2.25. The molecule has 0 saturated carbocycles. The number of nitrogens with one attached hydrogen (secondary N) is 1. The second-order valence-corrected chi connectivity index (χ2v) is 7.41. The van der Waals surface area contributed by atoms with Gasteiger partial charge in [-0.2, -0.15) is 5.10 Å². The molecule has 0 radical (unpaired) electrons. The zero-order valence-corrected chi connectivity index (χ0v) is 16.4. The summed E-state index contributed by atoms with van der Waals surface area (Å²) in [5.41, 5.74) is 5.05. The summed E-state index contributed by atoms with van der Waals surface area (Å²) in [4.78, 5) is 14.6. The molecule has 1 amide bonds. The first kappa shape index (κ1) is 20.3. The van der Waals surface area contributed by atoms with Crippen molar-refractivity contribution in [3.8, 4) is 5.75 Å². The minimum atomic E-state index is -0.340. The number of phenolic OH excluding ortho intramolecular Hbond substituents is 1. The summed E-state index contributed by atoms with van der Waals surface area (Å²) < 4.78 is 13.2. The van der Waals surface area contributed by atoms with Crippen molar-refractivity contribution in [1.29, 1.82) is 0 Å². The predicted molar refractivity (Wildman–Crippen MR) is 108 cm³/mol. The van der Waals surface area contributed by atoms with E-state index in [1.54, 1.807) is 30.3 Å². The largest absolute Gasteiger partial charge is 0.508 e. The van der Waals surface area contributed by atoms with E-state index in [1.165, 1.54) is 12.1 Å². The van der Waals surface area contributed by atoms with Crippen LogP contribution in [0.5, 0.6) is 5.75 Å². The summed E-state index contributed by atoms with van der Waals surface area (Å²) in [6.07, 6.45) is 1.47. The lowest BCUT2D eigenvalue weighted by Gasteiger charge is -2.31. The molecular weight excluding hydrogens is 381 g/mol. The number of phenols is 1. The van der Waals surface area contributed by atoms with Gasteiger partial charge in [-0.15, -0.1) is 0 Å². The molecule has 2 N–H and O–H groups in total. The van der Waals surface area contributed by atoms with E-state index in [9.17, 15) is 14.3 Å². The third-order valence-electron chi connectivity index (χ3n) is 4.99. The van der Waals surface area contributed by atoms with Crippen molar-refractivity contribution in [2.24, 2.45) is 11.0 Å². The Morgan fingerprint density at radius 3 is 2.57 bits per heavy atom. The van der Waals surface area contributed by atoms with Gasteiger partial charge >= 0.3 is 0 Å². The molecule has 28 heavy (non-hydrogen) atoms. The number of carbonyl (C=O) groups is 1. The number of hydrogen-bond donors (Lipinski definition) is 2. The Balaban J connectivity index is 1.49. The summed E-state index contributed by atoms with van der Waals surface area (Å²) in [5.74, 6) is -0.324. The first-order valence-electron chi connectivity index (χ1n) is 9.22. The van der Waals surface area contributed by atoms with E-state index in [0.29, 0.717) is 17.3 Å². The molecule has 1 saturated heterocycles. The number of hydrazone groups is 1. The van der Waals surface area contributed by atoms with Crippen LogP contribution in [0.2, 0.25) is 5.02 Å². The van der Waals surface area contributed by atoms with Crippen LogP contribution in [0.25, 0.3) is 0 Å². The fourth-order valence-electron chi connectivity index (χ4n) is 3.24. The van der Waals surface area contributed by atoms with E-state index in [2.05, 4.69) is 15.4 Å². The molecule has 7 heteroatoms. The van der Waals surface area contributed by atoms with Crippen LogP contribution in [0.1, 0.15) is 30.9 Å². The average Bonchev–Trinajstić information content (AvgIpc) is 2.69. The fraction of sp³-hybridized carbons (Fsp3) is 0.333. The van der Waals surface area contributed by atoms with Crippen molar-refractivity contribution in [2.45, 2.75) is 26.3 Å². The van der Waals surface area contributed by atoms with Crippen LogP contribution in [0.3, 0.4) is 0 Å². The highest BCUT2D eigenvalue weighted by molar-refractivity contribution is 6.31. The normalized spacial score (nSPS) is 16.2. The van der Waals surface area contributed by atoms with Gasteiger partial charge in [0.05, 0.1) is 5.71 Å². The number of piperidine rings is 1. The van der Waals surface area contributed by atoms with Crippen molar-refractivity contribution in [2.75, 3.05) is 13.1 Å². The molecule has 0 spiro atoms. The highest BCUT2D eigenvalue weighted by Crippen LogP contribution is 2.23. The Labute approximate surface area is 168 Å². The van der Waals surface area contributed by atoms with Gasteiger partial charge in [0.1, 0.15) is 11.6 Å².